The summed E-state index contributed by atoms with van der Waals surface area (Å²) in [6, 6.07) is 13.2. The average molecular weight is 426 g/mol. The molecule has 1 aliphatic carbocycles. The van der Waals surface area contributed by atoms with Gasteiger partial charge >= 0.3 is 0 Å². The van der Waals surface area contributed by atoms with Crippen molar-refractivity contribution in [1.29, 1.82) is 0 Å². The quantitative estimate of drug-likeness (QED) is 0.659. The Bertz CT molecular complexity index is 1100. The summed E-state index contributed by atoms with van der Waals surface area (Å²) >= 11 is 5.89. The molecule has 154 valence electrons. The van der Waals surface area contributed by atoms with Crippen LogP contribution in [0.3, 0.4) is 0 Å². The van der Waals surface area contributed by atoms with Gasteiger partial charge in [0.15, 0.2) is 0 Å². The molecule has 1 N–H and O–H groups in total. The zero-order valence-corrected chi connectivity index (χ0v) is 17.1. The van der Waals surface area contributed by atoms with Crippen LogP contribution in [0.4, 0.5) is 10.1 Å². The van der Waals surface area contributed by atoms with Gasteiger partial charge in [0, 0.05) is 47.2 Å². The van der Waals surface area contributed by atoms with Crippen molar-refractivity contribution in [3.63, 3.8) is 0 Å². The Morgan fingerprint density at radius 1 is 1.20 bits per heavy atom. The molecule has 2 aliphatic rings. The lowest BCUT2D eigenvalue weighted by Gasteiger charge is -2.26. The first-order chi connectivity index (χ1) is 14.5. The minimum atomic E-state index is -0.303. The molecule has 1 saturated carbocycles. The van der Waals surface area contributed by atoms with Gasteiger partial charge in [-0.1, -0.05) is 11.6 Å². The van der Waals surface area contributed by atoms with Crippen LogP contribution in [-0.4, -0.2) is 41.0 Å². The van der Waals surface area contributed by atoms with Gasteiger partial charge in [0.05, 0.1) is 11.6 Å². The van der Waals surface area contributed by atoms with Crippen molar-refractivity contribution in [3.05, 3.63) is 65.6 Å². The van der Waals surface area contributed by atoms with E-state index < -0.39 is 0 Å². The fraction of sp³-hybridized carbons (Fsp3) is 0.304. The molecule has 0 bridgehead atoms. The highest BCUT2D eigenvalue weighted by atomic mass is 35.5. The molecule has 5 rings (SSSR count). The highest BCUT2D eigenvalue weighted by molar-refractivity contribution is 6.30. The fourth-order valence-electron chi connectivity index (χ4n) is 4.28. The summed E-state index contributed by atoms with van der Waals surface area (Å²) < 4.78 is 19.9. The van der Waals surface area contributed by atoms with Gasteiger partial charge in [-0.3, -0.25) is 14.7 Å². The van der Waals surface area contributed by atoms with Crippen molar-refractivity contribution < 1.29 is 13.9 Å². The van der Waals surface area contributed by atoms with E-state index in [0.717, 1.165) is 18.8 Å². The highest BCUT2D eigenvalue weighted by Crippen LogP contribution is 2.49. The topological polar surface area (TPSA) is 54.5 Å². The van der Waals surface area contributed by atoms with Gasteiger partial charge in [0.1, 0.15) is 17.7 Å². The Kier molecular flexibility index (Phi) is 4.83. The molecule has 2 fully saturated rings. The second-order valence-electron chi connectivity index (χ2n) is 8.01. The molecule has 1 amide bonds. The van der Waals surface area contributed by atoms with E-state index in [4.69, 9.17) is 16.3 Å². The molecule has 7 heteroatoms. The Balaban J connectivity index is 1.20. The molecule has 5 nitrogen and oxygen atoms in total. The highest BCUT2D eigenvalue weighted by Gasteiger charge is 2.59. The molecular weight excluding hydrogens is 405 g/mol. The molecule has 1 saturated heterocycles. The van der Waals surface area contributed by atoms with Crippen molar-refractivity contribution in [3.8, 4) is 5.75 Å². The lowest BCUT2D eigenvalue weighted by molar-refractivity contribution is -0.120. The van der Waals surface area contributed by atoms with E-state index in [-0.39, 0.29) is 23.9 Å². The molecule has 1 aliphatic heterocycles. The SMILES string of the molecule is CC(C(=O)Nc1ccc(Cl)cc1)N1CC2C(C1)C2Oc1ccnc2ccc(F)cc12. The lowest BCUT2D eigenvalue weighted by Crippen LogP contribution is -2.42. The summed E-state index contributed by atoms with van der Waals surface area (Å²) in [4.78, 5) is 19.1. The largest absolute Gasteiger partial charge is 0.489 e. The second-order valence-corrected chi connectivity index (χ2v) is 8.44. The maximum Gasteiger partial charge on any atom is 0.241 e. The number of rotatable bonds is 5. The number of hydrogen-bond acceptors (Lipinski definition) is 4. The third-order valence-electron chi connectivity index (χ3n) is 6.11. The number of anilines is 1. The van der Waals surface area contributed by atoms with Gasteiger partial charge in [-0.25, -0.2) is 4.39 Å². The van der Waals surface area contributed by atoms with Crippen molar-refractivity contribution in [2.75, 3.05) is 18.4 Å². The van der Waals surface area contributed by atoms with Gasteiger partial charge in [0.2, 0.25) is 5.91 Å². The molecule has 3 unspecified atom stereocenters. The number of nitrogens with one attached hydrogen (secondary N) is 1. The minimum absolute atomic E-state index is 0.0355. The van der Waals surface area contributed by atoms with Crippen LogP contribution in [0.2, 0.25) is 5.02 Å². The predicted octanol–water partition coefficient (Wildman–Crippen LogP) is 4.36. The van der Waals surface area contributed by atoms with Crippen LogP contribution >= 0.6 is 11.6 Å². The smallest absolute Gasteiger partial charge is 0.241 e. The van der Waals surface area contributed by atoms with Crippen LogP contribution in [0.1, 0.15) is 6.92 Å². The molecule has 30 heavy (non-hydrogen) atoms. The number of aromatic nitrogens is 1. The number of ether oxygens (including phenoxy) is 1. The van der Waals surface area contributed by atoms with Crippen LogP contribution in [0.15, 0.2) is 54.7 Å². The van der Waals surface area contributed by atoms with Crippen molar-refractivity contribution in [1.82, 2.24) is 9.88 Å². The third-order valence-corrected chi connectivity index (χ3v) is 6.36. The monoisotopic (exact) mass is 425 g/mol. The maximum absolute atomic E-state index is 13.7. The number of benzene rings is 2. The van der Waals surface area contributed by atoms with Crippen molar-refractivity contribution in [2.45, 2.75) is 19.1 Å². The third kappa shape index (κ3) is 3.61. The Labute approximate surface area is 178 Å². The van der Waals surface area contributed by atoms with E-state index in [1.807, 2.05) is 6.92 Å². The summed E-state index contributed by atoms with van der Waals surface area (Å²) in [7, 11) is 0. The number of piperidine rings is 1. The number of amides is 1. The standard InChI is InChI=1S/C23H21ClFN3O2/c1-13(23(29)27-16-5-2-14(24)3-6-16)28-11-18-19(12-28)22(18)30-21-8-9-26-20-7-4-15(25)10-17(20)21/h2-10,13,18-19,22H,11-12H2,1H3,(H,27,29). The lowest BCUT2D eigenvalue weighted by atomic mass is 10.2. The number of likely N-dealkylation sites (tertiary alicyclic amines) is 1. The van der Waals surface area contributed by atoms with Gasteiger partial charge in [-0.05, 0) is 55.5 Å². The number of fused-ring (bicyclic) bond motifs is 2. The number of pyridine rings is 1. The number of halogens is 2. The molecule has 2 aromatic carbocycles. The van der Waals surface area contributed by atoms with E-state index >= 15 is 0 Å². The number of hydrogen-bond donors (Lipinski definition) is 1. The zero-order valence-electron chi connectivity index (χ0n) is 16.4. The summed E-state index contributed by atoms with van der Waals surface area (Å²) in [6.45, 7) is 3.54. The van der Waals surface area contributed by atoms with Crippen LogP contribution in [0.5, 0.6) is 5.75 Å². The minimum Gasteiger partial charge on any atom is -0.489 e. The molecule has 1 aromatic heterocycles. The number of carbonyl (C=O) groups excluding carboxylic acids is 1. The predicted molar refractivity (Wildman–Crippen MR) is 114 cm³/mol. The Morgan fingerprint density at radius 2 is 1.93 bits per heavy atom. The Hall–Kier alpha value is -2.70. The first-order valence-electron chi connectivity index (χ1n) is 10.0. The maximum atomic E-state index is 13.7. The van der Waals surface area contributed by atoms with Crippen LogP contribution in [-0.2, 0) is 4.79 Å². The molecule has 0 radical (unpaired) electrons. The normalized spacial score (nSPS) is 23.8. The van der Waals surface area contributed by atoms with E-state index in [9.17, 15) is 9.18 Å². The fourth-order valence-corrected chi connectivity index (χ4v) is 4.41. The van der Waals surface area contributed by atoms with E-state index in [1.165, 1.54) is 12.1 Å². The molecule has 3 aromatic rings. The second kappa shape index (κ2) is 7.52. The number of nitrogens with zero attached hydrogens (tertiary/aromatic N) is 2. The first-order valence-corrected chi connectivity index (χ1v) is 10.4. The molecular formula is C23H21ClFN3O2. The Morgan fingerprint density at radius 3 is 2.67 bits per heavy atom. The van der Waals surface area contributed by atoms with Crippen LogP contribution in [0.25, 0.3) is 10.9 Å². The molecule has 0 spiro atoms. The molecule has 3 atom stereocenters. The van der Waals surface area contributed by atoms with Gasteiger partial charge in [-0.15, -0.1) is 0 Å². The summed E-state index contributed by atoms with van der Waals surface area (Å²) in [5.41, 5.74) is 1.45. The van der Waals surface area contributed by atoms with Gasteiger partial charge < -0.3 is 10.1 Å². The first kappa shape index (κ1) is 19.3. The summed E-state index contributed by atoms with van der Waals surface area (Å²) in [5, 5.41) is 4.26. The van der Waals surface area contributed by atoms with Crippen molar-refractivity contribution >= 4 is 34.1 Å². The number of carbonyl (C=O) groups is 1. The van der Waals surface area contributed by atoms with Crippen LogP contribution in [0, 0.1) is 17.7 Å². The van der Waals surface area contributed by atoms with Crippen LogP contribution < -0.4 is 10.1 Å². The van der Waals surface area contributed by atoms with E-state index in [0.29, 0.717) is 33.5 Å². The summed E-state index contributed by atoms with van der Waals surface area (Å²) in [6.07, 6.45) is 1.78. The van der Waals surface area contributed by atoms with E-state index in [2.05, 4.69) is 15.2 Å². The average Bonchev–Trinajstić information content (AvgIpc) is 3.17. The zero-order chi connectivity index (χ0) is 20.8. The van der Waals surface area contributed by atoms with E-state index in [1.54, 1.807) is 42.6 Å². The summed E-state index contributed by atoms with van der Waals surface area (Å²) in [5.74, 6) is 1.09. The van der Waals surface area contributed by atoms with Gasteiger partial charge in [-0.2, -0.15) is 0 Å². The molecule has 2 heterocycles. The van der Waals surface area contributed by atoms with Gasteiger partial charge in [0.25, 0.3) is 0 Å². The van der Waals surface area contributed by atoms with Crippen molar-refractivity contribution in [2.24, 2.45) is 11.8 Å².